The molecule has 0 spiro atoms. The molecule has 8 heteroatoms. The number of para-hydroxylation sites is 1. The van der Waals surface area contributed by atoms with Gasteiger partial charge in [0, 0.05) is 37.7 Å². The molecule has 0 aromatic heterocycles. The molecule has 0 radical (unpaired) electrons. The van der Waals surface area contributed by atoms with E-state index in [1.54, 1.807) is 4.90 Å². The van der Waals surface area contributed by atoms with E-state index in [-0.39, 0.29) is 18.1 Å². The Bertz CT molecular complexity index is 1290. The smallest absolute Gasteiger partial charge is 0.331 e. The Morgan fingerprint density at radius 1 is 0.886 bits per heavy atom. The van der Waals surface area contributed by atoms with Crippen molar-refractivity contribution in [2.24, 2.45) is 0 Å². The Hall–Kier alpha value is -3.83. The molecular weight excluding hydrogens is 455 g/mol. The van der Waals surface area contributed by atoms with Crippen molar-refractivity contribution in [1.29, 1.82) is 0 Å². The molecule has 1 N–H and O–H groups in total. The molecule has 1 aliphatic rings. The molecule has 5 nitrogen and oxygen atoms in total. The van der Waals surface area contributed by atoms with E-state index in [0.717, 1.165) is 22.4 Å². The number of benzene rings is 3. The van der Waals surface area contributed by atoms with Crippen LogP contribution in [0.15, 0.2) is 66.7 Å². The largest absolute Gasteiger partial charge is 0.418 e. The van der Waals surface area contributed by atoms with E-state index in [9.17, 15) is 22.8 Å². The summed E-state index contributed by atoms with van der Waals surface area (Å²) >= 11 is 0. The lowest BCUT2D eigenvalue weighted by Crippen LogP contribution is -2.37. The maximum atomic E-state index is 13.2. The normalized spacial score (nSPS) is 14.7. The number of fused-ring (bicyclic) bond motifs is 1. The third-order valence-corrected chi connectivity index (χ3v) is 5.84. The number of hydrogen-bond donors (Lipinski definition) is 1. The molecule has 1 fully saturated rings. The van der Waals surface area contributed by atoms with Crippen molar-refractivity contribution in [3.05, 3.63) is 77.9 Å². The van der Waals surface area contributed by atoms with Crippen LogP contribution in [0.1, 0.15) is 17.5 Å². The van der Waals surface area contributed by atoms with Gasteiger partial charge in [-0.15, -0.1) is 0 Å². The van der Waals surface area contributed by atoms with E-state index in [1.807, 2.05) is 47.4 Å². The van der Waals surface area contributed by atoms with Crippen molar-refractivity contribution in [1.82, 2.24) is 9.80 Å². The molecule has 4 rings (SSSR count). The van der Waals surface area contributed by atoms with Crippen molar-refractivity contribution < 1.29 is 22.8 Å². The standard InChI is InChI=1S/C27H24F3N3O2/c28-27(29,30)23-11-3-4-12-24(23)31-25(34)19-32-15-6-16-33(18-17-32)26(35)14-13-21-9-5-8-20-7-1-2-10-22(20)21/h1-5,7-12H,6,15-19H2,(H,31,34). The van der Waals surface area contributed by atoms with Gasteiger partial charge in [-0.1, -0.05) is 54.5 Å². The highest BCUT2D eigenvalue weighted by molar-refractivity contribution is 5.96. The summed E-state index contributed by atoms with van der Waals surface area (Å²) in [6, 6.07) is 18.5. The number of hydrogen-bond acceptors (Lipinski definition) is 3. The number of halogens is 3. The zero-order valence-electron chi connectivity index (χ0n) is 18.9. The van der Waals surface area contributed by atoms with Crippen LogP contribution in [0.3, 0.4) is 0 Å². The van der Waals surface area contributed by atoms with E-state index in [1.165, 1.54) is 18.2 Å². The van der Waals surface area contributed by atoms with E-state index in [4.69, 9.17) is 0 Å². The Labute approximate surface area is 201 Å². The van der Waals surface area contributed by atoms with Crippen LogP contribution in [0.2, 0.25) is 0 Å². The molecule has 180 valence electrons. The van der Waals surface area contributed by atoms with Gasteiger partial charge >= 0.3 is 6.18 Å². The zero-order chi connectivity index (χ0) is 24.8. The molecule has 0 unspecified atom stereocenters. The Morgan fingerprint density at radius 2 is 1.63 bits per heavy atom. The van der Waals surface area contributed by atoms with Crippen LogP contribution in [0.5, 0.6) is 0 Å². The van der Waals surface area contributed by atoms with E-state index < -0.39 is 17.6 Å². The summed E-state index contributed by atoms with van der Waals surface area (Å²) in [6.45, 7) is 1.80. The van der Waals surface area contributed by atoms with Crippen molar-refractivity contribution in [2.75, 3.05) is 38.0 Å². The fourth-order valence-electron chi connectivity index (χ4n) is 4.10. The summed E-state index contributed by atoms with van der Waals surface area (Å²) in [4.78, 5) is 28.6. The van der Waals surface area contributed by atoms with Gasteiger partial charge in [0.15, 0.2) is 0 Å². The Morgan fingerprint density at radius 3 is 2.46 bits per heavy atom. The number of rotatable bonds is 3. The maximum Gasteiger partial charge on any atom is 0.418 e. The summed E-state index contributed by atoms with van der Waals surface area (Å²) < 4.78 is 39.5. The Kier molecular flexibility index (Phi) is 7.37. The number of anilines is 1. The van der Waals surface area contributed by atoms with Crippen molar-refractivity contribution in [2.45, 2.75) is 12.6 Å². The number of nitrogens with zero attached hydrogens (tertiary/aromatic N) is 2. The average molecular weight is 480 g/mol. The summed E-state index contributed by atoms with van der Waals surface area (Å²) in [5, 5.41) is 4.40. The third kappa shape index (κ3) is 6.19. The summed E-state index contributed by atoms with van der Waals surface area (Å²) in [5.74, 6) is 4.89. The summed E-state index contributed by atoms with van der Waals surface area (Å²) in [6.07, 6.45) is -3.92. The van der Waals surface area contributed by atoms with E-state index >= 15 is 0 Å². The van der Waals surface area contributed by atoms with Crippen LogP contribution in [0.25, 0.3) is 10.8 Å². The van der Waals surface area contributed by atoms with Crippen LogP contribution in [0, 0.1) is 11.8 Å². The highest BCUT2D eigenvalue weighted by Crippen LogP contribution is 2.34. The van der Waals surface area contributed by atoms with Gasteiger partial charge in [0.2, 0.25) is 5.91 Å². The van der Waals surface area contributed by atoms with Crippen LogP contribution >= 0.6 is 0 Å². The van der Waals surface area contributed by atoms with Gasteiger partial charge in [-0.3, -0.25) is 14.5 Å². The second-order valence-corrected chi connectivity index (χ2v) is 8.29. The molecule has 0 aliphatic carbocycles. The minimum absolute atomic E-state index is 0.0596. The van der Waals surface area contributed by atoms with Gasteiger partial charge in [-0.2, -0.15) is 13.2 Å². The minimum Gasteiger partial charge on any atom is -0.331 e. The number of alkyl halides is 3. The SMILES string of the molecule is O=C(CN1CCCN(C(=O)C#Cc2cccc3ccccc23)CC1)Nc1ccccc1C(F)(F)F. The topological polar surface area (TPSA) is 52.7 Å². The fraction of sp³-hybridized carbons (Fsp3) is 0.259. The van der Waals surface area contributed by atoms with Crippen LogP contribution in [-0.4, -0.2) is 54.3 Å². The second kappa shape index (κ2) is 10.6. The first-order valence-electron chi connectivity index (χ1n) is 11.3. The third-order valence-electron chi connectivity index (χ3n) is 5.84. The first kappa shape index (κ1) is 24.3. The van der Waals surface area contributed by atoms with Gasteiger partial charge in [0.05, 0.1) is 17.8 Å². The van der Waals surface area contributed by atoms with Crippen LogP contribution < -0.4 is 5.32 Å². The molecule has 1 heterocycles. The van der Waals surface area contributed by atoms with E-state index in [2.05, 4.69) is 17.2 Å². The molecule has 2 amide bonds. The van der Waals surface area contributed by atoms with Crippen LogP contribution in [-0.2, 0) is 15.8 Å². The quantitative estimate of drug-likeness (QED) is 0.568. The lowest BCUT2D eigenvalue weighted by atomic mass is 10.1. The molecule has 3 aromatic rings. The van der Waals surface area contributed by atoms with Crippen molar-refractivity contribution in [3.8, 4) is 11.8 Å². The van der Waals surface area contributed by atoms with Gasteiger partial charge in [-0.25, -0.2) is 0 Å². The molecule has 35 heavy (non-hydrogen) atoms. The molecule has 1 saturated heterocycles. The first-order chi connectivity index (χ1) is 16.8. The van der Waals surface area contributed by atoms with Crippen molar-refractivity contribution >= 4 is 28.3 Å². The molecule has 0 saturated carbocycles. The highest BCUT2D eigenvalue weighted by Gasteiger charge is 2.33. The van der Waals surface area contributed by atoms with Gasteiger partial charge in [0.1, 0.15) is 0 Å². The molecule has 3 aromatic carbocycles. The number of nitrogens with one attached hydrogen (secondary N) is 1. The van der Waals surface area contributed by atoms with Crippen LogP contribution in [0.4, 0.5) is 18.9 Å². The predicted octanol–water partition coefficient (Wildman–Crippen LogP) is 4.38. The van der Waals surface area contributed by atoms with E-state index in [0.29, 0.717) is 32.6 Å². The van der Waals surface area contributed by atoms with Gasteiger partial charge in [0.25, 0.3) is 5.91 Å². The highest BCUT2D eigenvalue weighted by atomic mass is 19.4. The lowest BCUT2D eigenvalue weighted by Gasteiger charge is -2.21. The average Bonchev–Trinajstić information content (AvgIpc) is 3.07. The second-order valence-electron chi connectivity index (χ2n) is 8.29. The number of carbonyl (C=O) groups is 2. The lowest BCUT2D eigenvalue weighted by molar-refractivity contribution is -0.137. The molecular formula is C27H24F3N3O2. The molecule has 0 bridgehead atoms. The number of carbonyl (C=O) groups excluding carboxylic acids is 2. The van der Waals surface area contributed by atoms with Gasteiger partial charge < -0.3 is 10.2 Å². The molecule has 1 aliphatic heterocycles. The minimum atomic E-state index is -4.56. The first-order valence-corrected chi connectivity index (χ1v) is 11.3. The van der Waals surface area contributed by atoms with Gasteiger partial charge in [-0.05, 0) is 35.4 Å². The number of amides is 2. The monoisotopic (exact) mass is 479 g/mol. The Balaban J connectivity index is 1.35. The summed E-state index contributed by atoms with van der Waals surface area (Å²) in [5.41, 5.74) is -0.366. The summed E-state index contributed by atoms with van der Waals surface area (Å²) in [7, 11) is 0. The predicted molar refractivity (Wildman–Crippen MR) is 129 cm³/mol. The van der Waals surface area contributed by atoms with Crippen molar-refractivity contribution in [3.63, 3.8) is 0 Å². The fourth-order valence-corrected chi connectivity index (χ4v) is 4.10. The zero-order valence-corrected chi connectivity index (χ0v) is 18.9. The molecule has 0 atom stereocenters. The maximum absolute atomic E-state index is 13.2.